The van der Waals surface area contributed by atoms with Crippen LogP contribution >= 0.6 is 0 Å². The van der Waals surface area contributed by atoms with Gasteiger partial charge < -0.3 is 10.1 Å². The molecule has 0 spiro atoms. The predicted molar refractivity (Wildman–Crippen MR) is 87.0 cm³/mol. The second kappa shape index (κ2) is 7.54. The van der Waals surface area contributed by atoms with Gasteiger partial charge in [0.1, 0.15) is 12.1 Å². The van der Waals surface area contributed by atoms with E-state index in [1.807, 2.05) is 24.3 Å². The average Bonchev–Trinajstić information content (AvgIpc) is 2.99. The molecule has 0 atom stereocenters. The first kappa shape index (κ1) is 15.9. The smallest absolute Gasteiger partial charge is 0.241 e. The molecule has 6 nitrogen and oxygen atoms in total. The molecule has 2 aromatic carbocycles. The third-order valence-electron chi connectivity index (χ3n) is 3.45. The molecular formula is C17H17FN4O2. The lowest BCUT2D eigenvalue weighted by Crippen LogP contribution is -2.29. The Kier molecular flexibility index (Phi) is 5.00. The molecule has 0 unspecified atom stereocenters. The summed E-state index contributed by atoms with van der Waals surface area (Å²) in [5, 5.41) is 10.8. The highest BCUT2D eigenvalue weighted by atomic mass is 19.1. The van der Waals surface area contributed by atoms with Crippen molar-refractivity contribution >= 4 is 16.9 Å². The van der Waals surface area contributed by atoms with E-state index in [0.29, 0.717) is 19.6 Å². The number of rotatable bonds is 7. The summed E-state index contributed by atoms with van der Waals surface area (Å²) < 4.78 is 20.2. The Morgan fingerprint density at radius 1 is 1.17 bits per heavy atom. The summed E-state index contributed by atoms with van der Waals surface area (Å²) >= 11 is 0. The molecule has 1 heterocycles. The van der Waals surface area contributed by atoms with Crippen molar-refractivity contribution in [1.29, 1.82) is 0 Å². The Labute approximate surface area is 138 Å². The zero-order chi connectivity index (χ0) is 16.8. The van der Waals surface area contributed by atoms with E-state index < -0.39 is 0 Å². The molecule has 0 aliphatic rings. The van der Waals surface area contributed by atoms with Crippen LogP contribution in [0.2, 0.25) is 0 Å². The Hall–Kier alpha value is -2.96. The quantitative estimate of drug-likeness (QED) is 0.675. The number of hydrogen-bond donors (Lipinski definition) is 1. The maximum Gasteiger partial charge on any atom is 0.241 e. The molecule has 0 radical (unpaired) electrons. The van der Waals surface area contributed by atoms with Gasteiger partial charge in [0.05, 0.1) is 12.1 Å². The number of fused-ring (bicyclic) bond motifs is 1. The summed E-state index contributed by atoms with van der Waals surface area (Å²) in [6.45, 7) is 0.877. The number of ether oxygens (including phenoxy) is 1. The highest BCUT2D eigenvalue weighted by Crippen LogP contribution is 2.15. The minimum absolute atomic E-state index is 0.106. The van der Waals surface area contributed by atoms with Crippen LogP contribution < -0.4 is 10.1 Å². The Balaban J connectivity index is 1.41. The van der Waals surface area contributed by atoms with Crippen molar-refractivity contribution in [2.45, 2.75) is 13.0 Å². The van der Waals surface area contributed by atoms with E-state index in [4.69, 9.17) is 4.74 Å². The second-order valence-corrected chi connectivity index (χ2v) is 5.22. The molecule has 124 valence electrons. The molecule has 3 rings (SSSR count). The number of nitrogens with zero attached hydrogens (tertiary/aromatic N) is 3. The lowest BCUT2D eigenvalue weighted by Gasteiger charge is -2.08. The maximum atomic E-state index is 13.4. The third kappa shape index (κ3) is 3.87. The molecule has 0 fully saturated rings. The van der Waals surface area contributed by atoms with Gasteiger partial charge in [-0.1, -0.05) is 29.5 Å². The van der Waals surface area contributed by atoms with Gasteiger partial charge in [-0.15, -0.1) is 5.10 Å². The molecule has 0 bridgehead atoms. The van der Waals surface area contributed by atoms with Crippen molar-refractivity contribution < 1.29 is 13.9 Å². The summed E-state index contributed by atoms with van der Waals surface area (Å²) in [6.07, 6.45) is 0.582. The molecule has 1 N–H and O–H groups in total. The number of carbonyl (C=O) groups excluding carboxylic acids is 1. The van der Waals surface area contributed by atoms with Crippen LogP contribution in [0.25, 0.3) is 11.0 Å². The zero-order valence-corrected chi connectivity index (χ0v) is 13.0. The largest absolute Gasteiger partial charge is 0.490 e. The van der Waals surface area contributed by atoms with Gasteiger partial charge in [0.2, 0.25) is 5.91 Å². The molecule has 1 amide bonds. The fraction of sp³-hybridized carbons (Fsp3) is 0.235. The molecular weight excluding hydrogens is 311 g/mol. The van der Waals surface area contributed by atoms with Gasteiger partial charge in [-0.2, -0.15) is 0 Å². The van der Waals surface area contributed by atoms with Crippen LogP contribution in [0.4, 0.5) is 4.39 Å². The Morgan fingerprint density at radius 3 is 2.83 bits per heavy atom. The van der Waals surface area contributed by atoms with Crippen molar-refractivity contribution in [1.82, 2.24) is 20.3 Å². The van der Waals surface area contributed by atoms with Crippen molar-refractivity contribution in [2.24, 2.45) is 0 Å². The normalized spacial score (nSPS) is 10.7. The highest BCUT2D eigenvalue weighted by Gasteiger charge is 2.08. The molecule has 24 heavy (non-hydrogen) atoms. The van der Waals surface area contributed by atoms with Crippen molar-refractivity contribution in [3.05, 3.63) is 54.3 Å². The first-order valence-electron chi connectivity index (χ1n) is 7.66. The maximum absolute atomic E-state index is 13.4. The SMILES string of the molecule is O=C(Cn1nnc2ccccc21)NCCCOc1ccccc1F. The summed E-state index contributed by atoms with van der Waals surface area (Å²) in [5.74, 6) is -0.325. The van der Waals surface area contributed by atoms with Crippen LogP contribution in [0.5, 0.6) is 5.75 Å². The van der Waals surface area contributed by atoms with Gasteiger partial charge >= 0.3 is 0 Å². The predicted octanol–water partition coefficient (Wildman–Crippen LogP) is 2.16. The number of para-hydroxylation sites is 2. The van der Waals surface area contributed by atoms with E-state index in [2.05, 4.69) is 15.6 Å². The molecule has 0 aliphatic carbocycles. The van der Waals surface area contributed by atoms with E-state index in [1.165, 1.54) is 6.07 Å². The Bertz CT molecular complexity index is 834. The monoisotopic (exact) mass is 328 g/mol. The van der Waals surface area contributed by atoms with E-state index >= 15 is 0 Å². The first-order valence-corrected chi connectivity index (χ1v) is 7.66. The number of hydrogen-bond acceptors (Lipinski definition) is 4. The first-order chi connectivity index (χ1) is 11.7. The van der Waals surface area contributed by atoms with Crippen LogP contribution in [-0.2, 0) is 11.3 Å². The molecule has 0 saturated heterocycles. The van der Waals surface area contributed by atoms with Crippen LogP contribution in [0.15, 0.2) is 48.5 Å². The van der Waals surface area contributed by atoms with Gasteiger partial charge in [0, 0.05) is 6.54 Å². The van der Waals surface area contributed by atoms with E-state index in [0.717, 1.165) is 11.0 Å². The van der Waals surface area contributed by atoms with Crippen LogP contribution in [0.1, 0.15) is 6.42 Å². The minimum Gasteiger partial charge on any atom is -0.490 e. The highest BCUT2D eigenvalue weighted by molar-refractivity contribution is 5.79. The van der Waals surface area contributed by atoms with Crippen molar-refractivity contribution in [3.8, 4) is 5.75 Å². The number of amides is 1. The molecule has 7 heteroatoms. The topological polar surface area (TPSA) is 69.0 Å². The van der Waals surface area contributed by atoms with E-state index in [-0.39, 0.29) is 24.0 Å². The second-order valence-electron chi connectivity index (χ2n) is 5.22. The lowest BCUT2D eigenvalue weighted by atomic mass is 10.3. The zero-order valence-electron chi connectivity index (χ0n) is 13.0. The molecule has 0 saturated carbocycles. The van der Waals surface area contributed by atoms with Gasteiger partial charge in [0.15, 0.2) is 11.6 Å². The van der Waals surface area contributed by atoms with Gasteiger partial charge in [0.25, 0.3) is 0 Å². The fourth-order valence-corrected chi connectivity index (χ4v) is 2.27. The molecule has 3 aromatic rings. The number of aromatic nitrogens is 3. The number of nitrogens with one attached hydrogen (secondary N) is 1. The lowest BCUT2D eigenvalue weighted by molar-refractivity contribution is -0.121. The number of carbonyl (C=O) groups is 1. The van der Waals surface area contributed by atoms with Crippen LogP contribution in [-0.4, -0.2) is 34.1 Å². The molecule has 0 aliphatic heterocycles. The summed E-state index contributed by atoms with van der Waals surface area (Å²) in [4.78, 5) is 11.9. The number of benzene rings is 2. The molecule has 1 aromatic heterocycles. The van der Waals surface area contributed by atoms with Crippen molar-refractivity contribution in [3.63, 3.8) is 0 Å². The minimum atomic E-state index is -0.389. The number of halogens is 1. The standard InChI is InChI=1S/C17H17FN4O2/c18-13-6-1-4-9-16(13)24-11-5-10-19-17(23)12-22-15-8-3-2-7-14(15)20-21-22/h1-4,6-9H,5,10-12H2,(H,19,23). The Morgan fingerprint density at radius 2 is 1.96 bits per heavy atom. The van der Waals surface area contributed by atoms with Gasteiger partial charge in [-0.25, -0.2) is 9.07 Å². The van der Waals surface area contributed by atoms with Crippen LogP contribution in [0, 0.1) is 5.82 Å². The van der Waals surface area contributed by atoms with Crippen LogP contribution in [0.3, 0.4) is 0 Å². The van der Waals surface area contributed by atoms with Gasteiger partial charge in [-0.3, -0.25) is 4.79 Å². The van der Waals surface area contributed by atoms with E-state index in [9.17, 15) is 9.18 Å². The van der Waals surface area contributed by atoms with Gasteiger partial charge in [-0.05, 0) is 30.7 Å². The van der Waals surface area contributed by atoms with Crippen molar-refractivity contribution in [2.75, 3.05) is 13.2 Å². The average molecular weight is 328 g/mol. The summed E-state index contributed by atoms with van der Waals surface area (Å²) in [7, 11) is 0. The fourth-order valence-electron chi connectivity index (χ4n) is 2.27. The summed E-state index contributed by atoms with van der Waals surface area (Å²) in [5.41, 5.74) is 1.57. The summed E-state index contributed by atoms with van der Waals surface area (Å²) in [6, 6.07) is 13.7. The third-order valence-corrected chi connectivity index (χ3v) is 3.45. The van der Waals surface area contributed by atoms with E-state index in [1.54, 1.807) is 22.9 Å².